The normalized spacial score (nSPS) is 11.5. The molecule has 1 heterocycles. The molecule has 6 rings (SSSR count). The van der Waals surface area contributed by atoms with Crippen LogP contribution in [0.2, 0.25) is 5.02 Å². The lowest BCUT2D eigenvalue weighted by Crippen LogP contribution is -1.87. The van der Waals surface area contributed by atoms with Crippen LogP contribution in [0.5, 0.6) is 0 Å². The first-order chi connectivity index (χ1) is 14.8. The van der Waals surface area contributed by atoms with E-state index in [2.05, 4.69) is 89.9 Å². The number of rotatable bonds is 2. The van der Waals surface area contributed by atoms with Crippen molar-refractivity contribution >= 4 is 44.2 Å². The van der Waals surface area contributed by atoms with Crippen molar-refractivity contribution < 1.29 is 0 Å². The minimum atomic E-state index is 0.785. The molecule has 1 nitrogen and oxygen atoms in total. The molecule has 0 saturated heterocycles. The second kappa shape index (κ2) is 6.76. The van der Waals surface area contributed by atoms with Gasteiger partial charge in [0, 0.05) is 32.9 Å². The number of para-hydroxylation sites is 1. The molecule has 0 atom stereocenters. The third kappa shape index (κ3) is 2.56. The number of hydrogen-bond donors (Lipinski definition) is 1. The van der Waals surface area contributed by atoms with Crippen molar-refractivity contribution in [3.63, 3.8) is 0 Å². The molecule has 0 fully saturated rings. The number of fused-ring (bicyclic) bond motifs is 5. The largest absolute Gasteiger partial charge is 0.354 e. The molecule has 0 radical (unpaired) electrons. The predicted octanol–water partition coefficient (Wildman–Crippen LogP) is 8.46. The van der Waals surface area contributed by atoms with Gasteiger partial charge >= 0.3 is 0 Å². The Bertz CT molecular complexity index is 1540. The molecule has 1 aromatic heterocycles. The van der Waals surface area contributed by atoms with Gasteiger partial charge in [-0.05, 0) is 34.0 Å². The Kier molecular flexibility index (Phi) is 3.90. The Balaban J connectivity index is 1.72. The molecule has 142 valence electrons. The SMILES string of the molecule is Clc1c(-c2ccccc2)cccc1-c1cccc2ccc3[nH]c4ccccc4c3c12. The molecule has 0 amide bonds. The molecular formula is C28H18ClN. The van der Waals surface area contributed by atoms with Gasteiger partial charge in [0.15, 0.2) is 0 Å². The van der Waals surface area contributed by atoms with Gasteiger partial charge in [0.05, 0.1) is 5.02 Å². The van der Waals surface area contributed by atoms with Crippen molar-refractivity contribution in [2.45, 2.75) is 0 Å². The zero-order valence-corrected chi connectivity index (χ0v) is 16.9. The maximum atomic E-state index is 7.01. The minimum Gasteiger partial charge on any atom is -0.354 e. The van der Waals surface area contributed by atoms with Crippen LogP contribution in [0.4, 0.5) is 0 Å². The van der Waals surface area contributed by atoms with Gasteiger partial charge in [-0.1, -0.05) is 103 Å². The van der Waals surface area contributed by atoms with Crippen molar-refractivity contribution in [2.24, 2.45) is 0 Å². The highest BCUT2D eigenvalue weighted by atomic mass is 35.5. The highest BCUT2D eigenvalue weighted by Crippen LogP contribution is 2.42. The standard InChI is InChI=1S/C28H18ClN/c29-28-20(18-8-2-1-3-9-18)12-7-14-22(28)21-13-6-10-19-16-17-25-27(26(19)21)23-11-4-5-15-24(23)30-25/h1-17,30H. The second-order valence-electron chi connectivity index (χ2n) is 7.60. The zero-order valence-electron chi connectivity index (χ0n) is 16.2. The van der Waals surface area contributed by atoms with E-state index in [1.54, 1.807) is 0 Å². The number of halogens is 1. The Morgan fingerprint density at radius 2 is 1.23 bits per heavy atom. The molecule has 5 aromatic carbocycles. The smallest absolute Gasteiger partial charge is 0.0562 e. The maximum absolute atomic E-state index is 7.01. The van der Waals surface area contributed by atoms with E-state index in [0.29, 0.717) is 0 Å². The number of aromatic nitrogens is 1. The van der Waals surface area contributed by atoms with Crippen molar-refractivity contribution in [2.75, 3.05) is 0 Å². The molecule has 2 heteroatoms. The zero-order chi connectivity index (χ0) is 20.1. The van der Waals surface area contributed by atoms with Crippen LogP contribution in [0.25, 0.3) is 54.8 Å². The average Bonchev–Trinajstić information content (AvgIpc) is 3.18. The summed E-state index contributed by atoms with van der Waals surface area (Å²) in [4.78, 5) is 3.57. The monoisotopic (exact) mass is 403 g/mol. The van der Waals surface area contributed by atoms with Crippen LogP contribution in [-0.2, 0) is 0 Å². The third-order valence-electron chi connectivity index (χ3n) is 5.89. The summed E-state index contributed by atoms with van der Waals surface area (Å²) in [5.74, 6) is 0. The first-order valence-electron chi connectivity index (χ1n) is 10.1. The first-order valence-corrected chi connectivity index (χ1v) is 10.5. The first kappa shape index (κ1) is 17.3. The summed E-state index contributed by atoms with van der Waals surface area (Å²) in [7, 11) is 0. The fourth-order valence-electron chi connectivity index (χ4n) is 4.52. The summed E-state index contributed by atoms with van der Waals surface area (Å²) in [6, 6.07) is 35.9. The van der Waals surface area contributed by atoms with Gasteiger partial charge in [-0.15, -0.1) is 0 Å². The van der Waals surface area contributed by atoms with Gasteiger partial charge in [-0.25, -0.2) is 0 Å². The summed E-state index contributed by atoms with van der Waals surface area (Å²) in [5.41, 5.74) is 6.69. The van der Waals surface area contributed by atoms with Crippen LogP contribution in [0.15, 0.2) is 103 Å². The van der Waals surface area contributed by atoms with Gasteiger partial charge in [0.2, 0.25) is 0 Å². The fraction of sp³-hybridized carbons (Fsp3) is 0. The highest BCUT2D eigenvalue weighted by molar-refractivity contribution is 6.37. The van der Waals surface area contributed by atoms with E-state index >= 15 is 0 Å². The van der Waals surface area contributed by atoms with Crippen molar-refractivity contribution in [3.8, 4) is 22.3 Å². The summed E-state index contributed by atoms with van der Waals surface area (Å²) in [6.07, 6.45) is 0. The Hall–Kier alpha value is -3.55. The van der Waals surface area contributed by atoms with Crippen molar-refractivity contribution in [3.05, 3.63) is 108 Å². The van der Waals surface area contributed by atoms with E-state index in [0.717, 1.165) is 38.3 Å². The number of aromatic amines is 1. The number of H-pyrrole nitrogens is 1. The highest BCUT2D eigenvalue weighted by Gasteiger charge is 2.15. The van der Waals surface area contributed by atoms with Crippen LogP contribution < -0.4 is 0 Å². The lowest BCUT2D eigenvalue weighted by atomic mass is 9.92. The molecule has 0 aliphatic heterocycles. The number of hydrogen-bond acceptors (Lipinski definition) is 0. The lowest BCUT2D eigenvalue weighted by Gasteiger charge is -2.13. The van der Waals surface area contributed by atoms with Gasteiger partial charge in [-0.2, -0.15) is 0 Å². The summed E-state index contributed by atoms with van der Waals surface area (Å²) < 4.78 is 0. The Labute approximate surface area is 179 Å². The molecule has 0 saturated carbocycles. The number of nitrogens with one attached hydrogen (secondary N) is 1. The Morgan fingerprint density at radius 1 is 0.500 bits per heavy atom. The van der Waals surface area contributed by atoms with E-state index < -0.39 is 0 Å². The van der Waals surface area contributed by atoms with E-state index in [4.69, 9.17) is 11.6 Å². The summed E-state index contributed by atoms with van der Waals surface area (Å²) >= 11 is 7.01. The topological polar surface area (TPSA) is 15.8 Å². The van der Waals surface area contributed by atoms with Crippen LogP contribution in [0.1, 0.15) is 0 Å². The molecule has 0 aliphatic carbocycles. The summed E-state index contributed by atoms with van der Waals surface area (Å²) in [6.45, 7) is 0. The van der Waals surface area contributed by atoms with Crippen molar-refractivity contribution in [1.29, 1.82) is 0 Å². The van der Waals surface area contributed by atoms with Crippen LogP contribution in [0, 0.1) is 0 Å². The molecule has 0 bridgehead atoms. The predicted molar refractivity (Wildman–Crippen MR) is 129 cm³/mol. The van der Waals surface area contributed by atoms with E-state index in [1.165, 1.54) is 21.5 Å². The quantitative estimate of drug-likeness (QED) is 0.298. The molecule has 30 heavy (non-hydrogen) atoms. The van der Waals surface area contributed by atoms with Crippen LogP contribution in [-0.4, -0.2) is 4.98 Å². The van der Waals surface area contributed by atoms with Crippen LogP contribution >= 0.6 is 11.6 Å². The molecule has 6 aromatic rings. The minimum absolute atomic E-state index is 0.785. The number of benzene rings is 5. The van der Waals surface area contributed by atoms with Gasteiger partial charge in [0.1, 0.15) is 0 Å². The third-order valence-corrected chi connectivity index (χ3v) is 6.29. The Morgan fingerprint density at radius 3 is 2.13 bits per heavy atom. The second-order valence-corrected chi connectivity index (χ2v) is 7.97. The molecular weight excluding hydrogens is 386 g/mol. The van der Waals surface area contributed by atoms with Crippen LogP contribution in [0.3, 0.4) is 0 Å². The van der Waals surface area contributed by atoms with Gasteiger partial charge in [-0.3, -0.25) is 0 Å². The lowest BCUT2D eigenvalue weighted by molar-refractivity contribution is 1.55. The maximum Gasteiger partial charge on any atom is 0.0562 e. The molecule has 0 unspecified atom stereocenters. The van der Waals surface area contributed by atoms with E-state index in [-0.39, 0.29) is 0 Å². The average molecular weight is 404 g/mol. The van der Waals surface area contributed by atoms with Crippen molar-refractivity contribution in [1.82, 2.24) is 4.98 Å². The molecule has 1 N–H and O–H groups in total. The molecule has 0 spiro atoms. The van der Waals surface area contributed by atoms with Gasteiger partial charge < -0.3 is 4.98 Å². The van der Waals surface area contributed by atoms with Gasteiger partial charge in [0.25, 0.3) is 0 Å². The molecule has 0 aliphatic rings. The summed E-state index contributed by atoms with van der Waals surface area (Å²) in [5, 5.41) is 5.72. The van der Waals surface area contributed by atoms with E-state index in [1.807, 2.05) is 18.2 Å². The fourth-order valence-corrected chi connectivity index (χ4v) is 4.86. The van der Waals surface area contributed by atoms with E-state index in [9.17, 15) is 0 Å².